The van der Waals surface area contributed by atoms with Gasteiger partial charge in [0, 0.05) is 31.0 Å². The van der Waals surface area contributed by atoms with Crippen LogP contribution in [0.15, 0.2) is 42.5 Å². The number of carbonyl (C=O) groups excluding carboxylic acids is 3. The van der Waals surface area contributed by atoms with Gasteiger partial charge < -0.3 is 4.90 Å². The van der Waals surface area contributed by atoms with Crippen LogP contribution in [0.5, 0.6) is 0 Å². The molecule has 0 bridgehead atoms. The SMILES string of the molecule is CC1CCN(Cc2ccc(-c3cccc(C4CCC(=O)NC4=O)c3Cl)cc2)C1=O. The highest BCUT2D eigenvalue weighted by Gasteiger charge is 2.30. The van der Waals surface area contributed by atoms with Crippen LogP contribution in [-0.4, -0.2) is 29.2 Å². The molecular weight excluding hydrogens is 388 g/mol. The van der Waals surface area contributed by atoms with E-state index in [1.807, 2.05) is 54.3 Å². The van der Waals surface area contributed by atoms with E-state index in [-0.39, 0.29) is 23.6 Å². The number of imide groups is 1. The number of hydrogen-bond acceptors (Lipinski definition) is 3. The molecule has 2 atom stereocenters. The molecule has 2 aliphatic rings. The van der Waals surface area contributed by atoms with Gasteiger partial charge in [0.25, 0.3) is 0 Å². The zero-order chi connectivity index (χ0) is 20.5. The van der Waals surface area contributed by atoms with Crippen molar-refractivity contribution >= 4 is 29.3 Å². The molecule has 29 heavy (non-hydrogen) atoms. The number of piperidine rings is 1. The molecule has 2 aliphatic heterocycles. The molecule has 2 fully saturated rings. The first-order chi connectivity index (χ1) is 13.9. The summed E-state index contributed by atoms with van der Waals surface area (Å²) < 4.78 is 0. The van der Waals surface area contributed by atoms with Gasteiger partial charge in [-0.25, -0.2) is 0 Å². The van der Waals surface area contributed by atoms with Gasteiger partial charge in [0.15, 0.2) is 0 Å². The van der Waals surface area contributed by atoms with E-state index in [1.54, 1.807) is 0 Å². The molecule has 150 valence electrons. The van der Waals surface area contributed by atoms with Gasteiger partial charge in [-0.05, 0) is 29.5 Å². The molecule has 0 aromatic heterocycles. The van der Waals surface area contributed by atoms with Crippen LogP contribution < -0.4 is 5.32 Å². The number of nitrogens with one attached hydrogen (secondary N) is 1. The molecule has 2 saturated heterocycles. The van der Waals surface area contributed by atoms with E-state index in [4.69, 9.17) is 11.6 Å². The van der Waals surface area contributed by atoms with Crippen molar-refractivity contribution in [1.29, 1.82) is 0 Å². The predicted molar refractivity (Wildman–Crippen MR) is 111 cm³/mol. The van der Waals surface area contributed by atoms with Crippen LogP contribution in [0.4, 0.5) is 0 Å². The normalized spacial score (nSPS) is 22.1. The van der Waals surface area contributed by atoms with Crippen molar-refractivity contribution in [2.45, 2.75) is 38.6 Å². The van der Waals surface area contributed by atoms with Crippen molar-refractivity contribution in [1.82, 2.24) is 10.2 Å². The first kappa shape index (κ1) is 19.6. The Labute approximate surface area is 175 Å². The van der Waals surface area contributed by atoms with Gasteiger partial charge in [0.05, 0.1) is 10.9 Å². The monoisotopic (exact) mass is 410 g/mol. The standard InChI is InChI=1S/C23H23ClN2O3/c1-14-11-12-26(23(14)29)13-15-5-7-16(8-6-15)17-3-2-4-18(21(17)24)19-9-10-20(27)25-22(19)28/h2-8,14,19H,9-13H2,1H3,(H,25,27,28). The molecule has 0 saturated carbocycles. The summed E-state index contributed by atoms with van der Waals surface area (Å²) in [6, 6.07) is 13.7. The fourth-order valence-electron chi connectivity index (χ4n) is 4.09. The molecule has 2 heterocycles. The Kier molecular flexibility index (Phi) is 5.41. The van der Waals surface area contributed by atoms with E-state index in [0.29, 0.717) is 24.4 Å². The van der Waals surface area contributed by atoms with Crippen LogP contribution in [0.1, 0.15) is 43.2 Å². The largest absolute Gasteiger partial charge is 0.338 e. The van der Waals surface area contributed by atoms with Gasteiger partial charge in [-0.15, -0.1) is 0 Å². The summed E-state index contributed by atoms with van der Waals surface area (Å²) in [5, 5.41) is 2.93. The highest BCUT2D eigenvalue weighted by molar-refractivity contribution is 6.34. The Morgan fingerprint density at radius 3 is 2.48 bits per heavy atom. The van der Waals surface area contributed by atoms with E-state index in [0.717, 1.165) is 35.2 Å². The van der Waals surface area contributed by atoms with Crippen molar-refractivity contribution < 1.29 is 14.4 Å². The minimum atomic E-state index is -0.414. The van der Waals surface area contributed by atoms with Crippen molar-refractivity contribution in [2.75, 3.05) is 6.54 Å². The second kappa shape index (κ2) is 7.99. The third-order valence-corrected chi connectivity index (χ3v) is 6.27. The van der Waals surface area contributed by atoms with E-state index >= 15 is 0 Å². The van der Waals surface area contributed by atoms with E-state index in [1.165, 1.54) is 0 Å². The van der Waals surface area contributed by atoms with Crippen molar-refractivity contribution in [2.24, 2.45) is 5.92 Å². The van der Waals surface area contributed by atoms with Gasteiger partial charge in [0.1, 0.15) is 0 Å². The van der Waals surface area contributed by atoms with Crippen LogP contribution in [0.3, 0.4) is 0 Å². The van der Waals surface area contributed by atoms with E-state index in [2.05, 4.69) is 5.32 Å². The third-order valence-electron chi connectivity index (χ3n) is 5.85. The molecule has 4 rings (SSSR count). The fraction of sp³-hybridized carbons (Fsp3) is 0.348. The summed E-state index contributed by atoms with van der Waals surface area (Å²) in [6.07, 6.45) is 1.70. The van der Waals surface area contributed by atoms with Gasteiger partial charge in [-0.2, -0.15) is 0 Å². The summed E-state index contributed by atoms with van der Waals surface area (Å²) >= 11 is 6.67. The number of nitrogens with zero attached hydrogens (tertiary/aromatic N) is 1. The van der Waals surface area contributed by atoms with Crippen LogP contribution >= 0.6 is 11.6 Å². The van der Waals surface area contributed by atoms with Gasteiger partial charge in [-0.3, -0.25) is 19.7 Å². The molecule has 2 aromatic carbocycles. The molecule has 3 amide bonds. The number of hydrogen-bond donors (Lipinski definition) is 1. The summed E-state index contributed by atoms with van der Waals surface area (Å²) in [6.45, 7) is 3.40. The molecular formula is C23H23ClN2O3. The van der Waals surface area contributed by atoms with Crippen molar-refractivity contribution in [3.63, 3.8) is 0 Å². The number of rotatable bonds is 4. The van der Waals surface area contributed by atoms with Gasteiger partial charge >= 0.3 is 0 Å². The van der Waals surface area contributed by atoms with Crippen molar-refractivity contribution in [3.05, 3.63) is 58.6 Å². The average Bonchev–Trinajstić information content (AvgIpc) is 3.02. The lowest BCUT2D eigenvalue weighted by Crippen LogP contribution is -2.39. The molecule has 5 nitrogen and oxygen atoms in total. The number of halogens is 1. The number of likely N-dealkylation sites (tertiary alicyclic amines) is 1. The zero-order valence-corrected chi connectivity index (χ0v) is 17.0. The minimum Gasteiger partial charge on any atom is -0.338 e. The number of benzene rings is 2. The molecule has 6 heteroatoms. The fourth-order valence-corrected chi connectivity index (χ4v) is 4.46. The summed E-state index contributed by atoms with van der Waals surface area (Å²) in [5.41, 5.74) is 3.63. The lowest BCUT2D eigenvalue weighted by atomic mass is 9.88. The molecule has 2 unspecified atom stereocenters. The maximum Gasteiger partial charge on any atom is 0.234 e. The van der Waals surface area contributed by atoms with E-state index < -0.39 is 5.92 Å². The molecule has 1 N–H and O–H groups in total. The maximum atomic E-state index is 12.2. The highest BCUT2D eigenvalue weighted by atomic mass is 35.5. The Hall–Kier alpha value is -2.66. The second-order valence-corrected chi connectivity index (χ2v) is 8.24. The quantitative estimate of drug-likeness (QED) is 0.777. The Morgan fingerprint density at radius 2 is 1.83 bits per heavy atom. The minimum absolute atomic E-state index is 0.114. The second-order valence-electron chi connectivity index (χ2n) is 7.86. The maximum absolute atomic E-state index is 12.2. The smallest absolute Gasteiger partial charge is 0.234 e. The van der Waals surface area contributed by atoms with Crippen LogP contribution in [0.2, 0.25) is 5.02 Å². The first-order valence-electron chi connectivity index (χ1n) is 9.94. The van der Waals surface area contributed by atoms with Crippen LogP contribution in [0, 0.1) is 5.92 Å². The number of carbonyl (C=O) groups is 3. The highest BCUT2D eigenvalue weighted by Crippen LogP contribution is 2.37. The lowest BCUT2D eigenvalue weighted by molar-refractivity contribution is -0.134. The summed E-state index contributed by atoms with van der Waals surface area (Å²) in [4.78, 5) is 37.7. The van der Waals surface area contributed by atoms with Gasteiger partial charge in [0.2, 0.25) is 17.7 Å². The average molecular weight is 411 g/mol. The Morgan fingerprint density at radius 1 is 1.07 bits per heavy atom. The topological polar surface area (TPSA) is 66.5 Å². The predicted octanol–water partition coefficient (Wildman–Crippen LogP) is 3.90. The Bertz CT molecular complexity index is 971. The first-order valence-corrected chi connectivity index (χ1v) is 10.3. The third kappa shape index (κ3) is 3.92. The van der Waals surface area contributed by atoms with Crippen LogP contribution in [-0.2, 0) is 20.9 Å². The Balaban J connectivity index is 1.55. The van der Waals surface area contributed by atoms with Crippen molar-refractivity contribution in [3.8, 4) is 11.1 Å². The number of amides is 3. The molecule has 0 radical (unpaired) electrons. The molecule has 0 aliphatic carbocycles. The molecule has 0 spiro atoms. The molecule has 2 aromatic rings. The lowest BCUT2D eigenvalue weighted by Gasteiger charge is -2.23. The summed E-state index contributed by atoms with van der Waals surface area (Å²) in [5.74, 6) is -0.611. The van der Waals surface area contributed by atoms with E-state index in [9.17, 15) is 14.4 Å². The van der Waals surface area contributed by atoms with Gasteiger partial charge in [-0.1, -0.05) is 61.0 Å². The van der Waals surface area contributed by atoms with Crippen LogP contribution in [0.25, 0.3) is 11.1 Å². The summed E-state index contributed by atoms with van der Waals surface area (Å²) in [7, 11) is 0. The zero-order valence-electron chi connectivity index (χ0n) is 16.3.